The van der Waals surface area contributed by atoms with Crippen molar-refractivity contribution in [3.8, 4) is 5.75 Å². The Hall–Kier alpha value is -2.38. The van der Waals surface area contributed by atoms with Crippen molar-refractivity contribution in [3.05, 3.63) is 54.6 Å². The van der Waals surface area contributed by atoms with Crippen molar-refractivity contribution in [1.82, 2.24) is 0 Å². The maximum atomic E-state index is 12.3. The number of hydrogen-bond donors (Lipinski definition) is 2. The summed E-state index contributed by atoms with van der Waals surface area (Å²) in [6.45, 7) is 1.79. The predicted molar refractivity (Wildman–Crippen MR) is 87.6 cm³/mol. The summed E-state index contributed by atoms with van der Waals surface area (Å²) in [4.78, 5) is 11.7. The Morgan fingerprint density at radius 1 is 1.17 bits per heavy atom. The molecule has 0 radical (unpaired) electrons. The van der Waals surface area contributed by atoms with Crippen molar-refractivity contribution in [2.24, 2.45) is 5.73 Å². The maximum Gasteiger partial charge on any atom is 0.339 e. The monoisotopic (exact) mass is 334 g/mol. The second-order valence-corrected chi connectivity index (χ2v) is 6.43. The zero-order valence-electron chi connectivity index (χ0n) is 12.6. The van der Waals surface area contributed by atoms with Gasteiger partial charge in [0.15, 0.2) is 0 Å². The van der Waals surface area contributed by atoms with E-state index in [1.54, 1.807) is 43.3 Å². The first kappa shape index (κ1) is 17.0. The Bertz CT molecular complexity index is 776. The van der Waals surface area contributed by atoms with Gasteiger partial charge in [-0.2, -0.15) is 8.42 Å². The molecular weight excluding hydrogens is 316 g/mol. The molecule has 0 bridgehead atoms. The third-order valence-corrected chi connectivity index (χ3v) is 4.36. The molecule has 0 aliphatic rings. The second-order valence-electron chi connectivity index (χ2n) is 4.88. The molecule has 1 atom stereocenters. The van der Waals surface area contributed by atoms with Gasteiger partial charge in [-0.1, -0.05) is 31.2 Å². The number of nitrogens with two attached hydrogens (primary N) is 1. The predicted octanol–water partition coefficient (Wildman–Crippen LogP) is 2.13. The quantitative estimate of drug-likeness (QED) is 0.789. The minimum atomic E-state index is -3.98. The molecule has 6 nitrogen and oxygen atoms in total. The van der Waals surface area contributed by atoms with Crippen molar-refractivity contribution in [3.63, 3.8) is 0 Å². The van der Waals surface area contributed by atoms with Crippen LogP contribution in [0.5, 0.6) is 5.75 Å². The van der Waals surface area contributed by atoms with Gasteiger partial charge in [0.2, 0.25) is 5.91 Å². The summed E-state index contributed by atoms with van der Waals surface area (Å²) in [5.74, 6) is -0.152. The summed E-state index contributed by atoms with van der Waals surface area (Å²) < 4.78 is 29.6. The van der Waals surface area contributed by atoms with Crippen molar-refractivity contribution in [2.45, 2.75) is 24.3 Å². The van der Waals surface area contributed by atoms with E-state index in [9.17, 15) is 13.2 Å². The van der Waals surface area contributed by atoms with Gasteiger partial charge in [-0.05, 0) is 36.8 Å². The summed E-state index contributed by atoms with van der Waals surface area (Å²) in [6, 6.07) is 13.4. The number of rotatable bonds is 6. The molecule has 0 aliphatic heterocycles. The van der Waals surface area contributed by atoms with Crippen LogP contribution in [0, 0.1) is 0 Å². The van der Waals surface area contributed by atoms with Crippen LogP contribution in [0.15, 0.2) is 59.5 Å². The summed E-state index contributed by atoms with van der Waals surface area (Å²) in [6.07, 6.45) is 0.487. The molecule has 122 valence electrons. The highest BCUT2D eigenvalue weighted by molar-refractivity contribution is 7.87. The first-order valence-electron chi connectivity index (χ1n) is 7.08. The zero-order valence-corrected chi connectivity index (χ0v) is 13.4. The van der Waals surface area contributed by atoms with Gasteiger partial charge < -0.3 is 15.2 Å². The lowest BCUT2D eigenvalue weighted by Gasteiger charge is -2.11. The molecule has 0 saturated carbocycles. The molecule has 1 unspecified atom stereocenters. The number of carbonyl (C=O) groups is 1. The van der Waals surface area contributed by atoms with Crippen LogP contribution in [0.2, 0.25) is 0 Å². The Balaban J connectivity index is 2.20. The first-order valence-corrected chi connectivity index (χ1v) is 8.49. The maximum absolute atomic E-state index is 12.3. The summed E-state index contributed by atoms with van der Waals surface area (Å²) in [7, 11) is -3.98. The van der Waals surface area contributed by atoms with Crippen LogP contribution in [-0.4, -0.2) is 20.4 Å². The molecule has 2 aromatic carbocycles. The van der Waals surface area contributed by atoms with Crippen LogP contribution in [0.1, 0.15) is 13.3 Å². The lowest BCUT2D eigenvalue weighted by molar-refractivity contribution is -0.117. The number of nitrogens with one attached hydrogen (secondary N) is 1. The third-order valence-electron chi connectivity index (χ3n) is 3.12. The van der Waals surface area contributed by atoms with Gasteiger partial charge in [-0.25, -0.2) is 0 Å². The van der Waals surface area contributed by atoms with Crippen molar-refractivity contribution in [1.29, 1.82) is 0 Å². The molecule has 0 aliphatic carbocycles. The number of para-hydroxylation sites is 1. The number of hydrogen-bond acceptors (Lipinski definition) is 5. The van der Waals surface area contributed by atoms with Gasteiger partial charge in [-0.3, -0.25) is 4.79 Å². The Labute approximate surface area is 135 Å². The number of anilines is 1. The average molecular weight is 334 g/mol. The topological polar surface area (TPSA) is 98.5 Å². The Morgan fingerprint density at radius 3 is 2.52 bits per heavy atom. The third kappa shape index (κ3) is 4.54. The van der Waals surface area contributed by atoms with Crippen molar-refractivity contribution in [2.75, 3.05) is 5.32 Å². The van der Waals surface area contributed by atoms with Crippen LogP contribution in [-0.2, 0) is 14.9 Å². The van der Waals surface area contributed by atoms with Crippen LogP contribution >= 0.6 is 0 Å². The number of benzene rings is 2. The van der Waals surface area contributed by atoms with Crippen molar-refractivity contribution < 1.29 is 17.4 Å². The Kier molecular flexibility index (Phi) is 5.36. The molecule has 3 N–H and O–H groups in total. The van der Waals surface area contributed by atoms with E-state index in [-0.39, 0.29) is 16.6 Å². The fourth-order valence-electron chi connectivity index (χ4n) is 1.80. The van der Waals surface area contributed by atoms with Crippen LogP contribution in [0.25, 0.3) is 0 Å². The number of carbonyl (C=O) groups excluding carboxylic acids is 1. The van der Waals surface area contributed by atoms with E-state index >= 15 is 0 Å². The van der Waals surface area contributed by atoms with E-state index in [1.165, 1.54) is 18.2 Å². The molecule has 2 rings (SSSR count). The van der Waals surface area contributed by atoms with Crippen LogP contribution < -0.4 is 15.2 Å². The van der Waals surface area contributed by atoms with E-state index in [4.69, 9.17) is 9.92 Å². The van der Waals surface area contributed by atoms with Gasteiger partial charge in [0.1, 0.15) is 10.6 Å². The zero-order chi connectivity index (χ0) is 16.9. The fraction of sp³-hybridized carbons (Fsp3) is 0.188. The summed E-state index contributed by atoms with van der Waals surface area (Å²) in [5, 5.41) is 2.59. The van der Waals surface area contributed by atoms with Gasteiger partial charge >= 0.3 is 10.1 Å². The van der Waals surface area contributed by atoms with Gasteiger partial charge in [-0.15, -0.1) is 0 Å². The second kappa shape index (κ2) is 7.26. The highest BCUT2D eigenvalue weighted by Gasteiger charge is 2.18. The molecule has 2 aromatic rings. The highest BCUT2D eigenvalue weighted by atomic mass is 32.2. The van der Waals surface area contributed by atoms with E-state index in [2.05, 4.69) is 5.32 Å². The molecular formula is C16H18N2O4S. The summed E-state index contributed by atoms with van der Waals surface area (Å²) >= 11 is 0. The Morgan fingerprint density at radius 2 is 1.87 bits per heavy atom. The molecule has 0 spiro atoms. The molecule has 23 heavy (non-hydrogen) atoms. The van der Waals surface area contributed by atoms with Crippen LogP contribution in [0.3, 0.4) is 0 Å². The van der Waals surface area contributed by atoms with E-state index < -0.39 is 16.2 Å². The molecule has 1 amide bonds. The smallest absolute Gasteiger partial charge is 0.339 e. The largest absolute Gasteiger partial charge is 0.379 e. The van der Waals surface area contributed by atoms with E-state index in [0.29, 0.717) is 12.1 Å². The molecule has 0 aromatic heterocycles. The molecule has 0 fully saturated rings. The number of amides is 1. The molecule has 0 saturated heterocycles. The average Bonchev–Trinajstić information content (AvgIpc) is 2.55. The van der Waals surface area contributed by atoms with Gasteiger partial charge in [0, 0.05) is 5.69 Å². The summed E-state index contributed by atoms with van der Waals surface area (Å²) in [5.41, 5.74) is 5.98. The van der Waals surface area contributed by atoms with Crippen LogP contribution in [0.4, 0.5) is 5.69 Å². The lowest BCUT2D eigenvalue weighted by Crippen LogP contribution is -2.34. The minimum Gasteiger partial charge on any atom is -0.379 e. The highest BCUT2D eigenvalue weighted by Crippen LogP contribution is 2.20. The lowest BCUT2D eigenvalue weighted by atomic mass is 10.2. The fourth-order valence-corrected chi connectivity index (χ4v) is 2.78. The van der Waals surface area contributed by atoms with E-state index in [1.807, 2.05) is 0 Å². The molecule has 7 heteroatoms. The standard InChI is InChI=1S/C16H18N2O4S/c1-2-15(17)16(19)18-12-7-6-10-14(11-12)23(20,21)22-13-8-4-3-5-9-13/h3-11,15H,2,17H2,1H3,(H,18,19). The minimum absolute atomic E-state index is 0.0516. The van der Waals surface area contributed by atoms with Gasteiger partial charge in [0.25, 0.3) is 0 Å². The SMILES string of the molecule is CCC(N)C(=O)Nc1cccc(S(=O)(=O)Oc2ccccc2)c1. The van der Waals surface area contributed by atoms with Crippen molar-refractivity contribution >= 4 is 21.7 Å². The normalized spacial score (nSPS) is 12.4. The van der Waals surface area contributed by atoms with Gasteiger partial charge in [0.05, 0.1) is 6.04 Å². The van der Waals surface area contributed by atoms with E-state index in [0.717, 1.165) is 0 Å². The first-order chi connectivity index (χ1) is 10.9. The molecule has 0 heterocycles.